The molecule has 2 heterocycles. The topological polar surface area (TPSA) is 75.4 Å². The molecule has 2 unspecified atom stereocenters. The summed E-state index contributed by atoms with van der Waals surface area (Å²) in [6, 6.07) is 2.79. The summed E-state index contributed by atoms with van der Waals surface area (Å²) in [5.74, 6) is 0.226. The average Bonchev–Trinajstić information content (AvgIpc) is 3.18. The zero-order valence-electron chi connectivity index (χ0n) is 14.1. The minimum atomic E-state index is -0.853. The van der Waals surface area contributed by atoms with E-state index in [0.717, 1.165) is 12.8 Å². The van der Waals surface area contributed by atoms with Gasteiger partial charge in [0.1, 0.15) is 11.4 Å². The van der Waals surface area contributed by atoms with E-state index < -0.39 is 27.9 Å². The number of H-pyrrole nitrogens is 1. The molecule has 0 saturated heterocycles. The molecule has 0 spiro atoms. The van der Waals surface area contributed by atoms with E-state index >= 15 is 0 Å². The van der Waals surface area contributed by atoms with Crippen molar-refractivity contribution in [2.24, 2.45) is 4.99 Å². The maximum Gasteiger partial charge on any atom is 0.417 e. The normalized spacial score (nSPS) is 20.6. The van der Waals surface area contributed by atoms with E-state index in [-0.39, 0.29) is 0 Å². The van der Waals surface area contributed by atoms with Crippen molar-refractivity contribution in [2.45, 2.75) is 38.1 Å². The molecule has 0 radical (unpaired) electrons. The first-order valence-electron chi connectivity index (χ1n) is 8.45. The molecule has 1 aliphatic rings. The van der Waals surface area contributed by atoms with E-state index in [1.807, 2.05) is 6.08 Å². The van der Waals surface area contributed by atoms with Crippen molar-refractivity contribution in [3.8, 4) is 0 Å². The Morgan fingerprint density at radius 2 is 2.12 bits per heavy atom. The molecule has 0 saturated carbocycles. The molecule has 5 nitrogen and oxygen atoms in total. The van der Waals surface area contributed by atoms with Crippen LogP contribution in [0, 0.1) is 5.82 Å². The molecule has 1 aromatic carbocycles. The Morgan fingerprint density at radius 3 is 2.84 bits per heavy atom. The first kappa shape index (κ1) is 17.8. The summed E-state index contributed by atoms with van der Waals surface area (Å²) in [4.78, 5) is 18.2. The molecular weight excluding hydrogens is 343 g/mol. The summed E-state index contributed by atoms with van der Waals surface area (Å²) < 4.78 is 31.7. The number of aromatic amines is 1. The Bertz CT molecular complexity index is 885. The number of halogens is 1. The lowest BCUT2D eigenvalue weighted by Crippen LogP contribution is -2.22. The van der Waals surface area contributed by atoms with Crippen LogP contribution in [0.5, 0.6) is 0 Å². The van der Waals surface area contributed by atoms with Gasteiger partial charge in [0.2, 0.25) is 0 Å². The highest BCUT2D eigenvalue weighted by Crippen LogP contribution is 2.38. The van der Waals surface area contributed by atoms with Crippen molar-refractivity contribution >= 4 is 28.1 Å². The quantitative estimate of drug-likeness (QED) is 0.780. The standard InChI is InChI=1S/C18H21FN2O3S/c1-2-3-9-25(23)10-5-7-18(6-4-8-20-18)13-11-16-15(12-14(13)19)21-17(22)24-16/h4,6,8,11-12H,2-3,5,7,9-10H2,1H3,(H,21,22). The minimum absolute atomic E-state index is 0.308. The lowest BCUT2D eigenvalue weighted by atomic mass is 9.86. The summed E-state index contributed by atoms with van der Waals surface area (Å²) in [7, 11) is -0.853. The first-order valence-corrected chi connectivity index (χ1v) is 9.94. The zero-order valence-corrected chi connectivity index (χ0v) is 14.9. The van der Waals surface area contributed by atoms with Crippen LogP contribution >= 0.6 is 0 Å². The number of oxazole rings is 1. The van der Waals surface area contributed by atoms with E-state index in [4.69, 9.17) is 4.42 Å². The molecule has 0 fully saturated rings. The van der Waals surface area contributed by atoms with Gasteiger partial charge >= 0.3 is 5.76 Å². The number of nitrogens with zero attached hydrogens (tertiary/aromatic N) is 1. The van der Waals surface area contributed by atoms with Gasteiger partial charge in [-0.3, -0.25) is 14.2 Å². The average molecular weight is 364 g/mol. The van der Waals surface area contributed by atoms with E-state index in [1.165, 1.54) is 12.1 Å². The Labute approximate surface area is 147 Å². The van der Waals surface area contributed by atoms with Crippen LogP contribution < -0.4 is 5.76 Å². The summed E-state index contributed by atoms with van der Waals surface area (Å²) in [5.41, 5.74) is 0.172. The fourth-order valence-electron chi connectivity index (χ4n) is 3.08. The summed E-state index contributed by atoms with van der Waals surface area (Å²) in [6.45, 7) is 2.07. The van der Waals surface area contributed by atoms with Gasteiger partial charge in [0.05, 0.1) is 5.52 Å². The van der Waals surface area contributed by atoms with Crippen LogP contribution in [0.3, 0.4) is 0 Å². The van der Waals surface area contributed by atoms with E-state index in [2.05, 4.69) is 16.9 Å². The van der Waals surface area contributed by atoms with Crippen LogP contribution in [-0.2, 0) is 16.3 Å². The van der Waals surface area contributed by atoms with Crippen LogP contribution in [0.15, 0.2) is 38.5 Å². The molecule has 0 bridgehead atoms. The summed E-state index contributed by atoms with van der Waals surface area (Å²) in [6.07, 6.45) is 8.47. The van der Waals surface area contributed by atoms with Crippen molar-refractivity contribution < 1.29 is 13.0 Å². The number of benzene rings is 1. The number of hydrogen-bond donors (Lipinski definition) is 1. The molecule has 3 rings (SSSR count). The van der Waals surface area contributed by atoms with E-state index in [0.29, 0.717) is 41.0 Å². The van der Waals surface area contributed by atoms with Crippen molar-refractivity contribution in [1.82, 2.24) is 4.98 Å². The second-order valence-corrected chi connectivity index (χ2v) is 7.91. The highest BCUT2D eigenvalue weighted by atomic mass is 32.2. The number of hydrogen-bond acceptors (Lipinski definition) is 4. The predicted octanol–water partition coefficient (Wildman–Crippen LogP) is 3.43. The molecule has 134 valence electrons. The predicted molar refractivity (Wildman–Crippen MR) is 98.1 cm³/mol. The number of rotatable bonds is 8. The largest absolute Gasteiger partial charge is 0.417 e. The molecule has 2 aromatic rings. The van der Waals surface area contributed by atoms with Crippen molar-refractivity contribution in [3.05, 3.63) is 46.2 Å². The fourth-order valence-corrected chi connectivity index (χ4v) is 4.36. The van der Waals surface area contributed by atoms with Gasteiger partial charge in [0, 0.05) is 40.1 Å². The minimum Gasteiger partial charge on any atom is -0.408 e. The molecule has 25 heavy (non-hydrogen) atoms. The molecular formula is C18H21FN2O3S. The van der Waals surface area contributed by atoms with Crippen molar-refractivity contribution in [2.75, 3.05) is 11.5 Å². The van der Waals surface area contributed by atoms with Gasteiger partial charge in [-0.1, -0.05) is 19.4 Å². The molecule has 2 atom stereocenters. The van der Waals surface area contributed by atoms with Crippen molar-refractivity contribution in [1.29, 1.82) is 0 Å². The maximum absolute atomic E-state index is 14.6. The molecule has 7 heteroatoms. The number of aliphatic imine (C=N–C) groups is 1. The number of aromatic nitrogens is 1. The summed E-state index contributed by atoms with van der Waals surface area (Å²) in [5, 5.41) is 0. The first-order chi connectivity index (χ1) is 12.0. The molecule has 0 aliphatic carbocycles. The lowest BCUT2D eigenvalue weighted by Gasteiger charge is -2.25. The lowest BCUT2D eigenvalue weighted by molar-refractivity contribution is 0.479. The third-order valence-corrected chi connectivity index (χ3v) is 5.88. The van der Waals surface area contributed by atoms with Gasteiger partial charge in [-0.05, 0) is 31.4 Å². The number of fused-ring (bicyclic) bond motifs is 1. The van der Waals surface area contributed by atoms with E-state index in [9.17, 15) is 13.4 Å². The van der Waals surface area contributed by atoms with Crippen LogP contribution in [0.25, 0.3) is 11.1 Å². The number of allylic oxidation sites excluding steroid dienone is 1. The van der Waals surface area contributed by atoms with Crippen LogP contribution in [0.4, 0.5) is 4.39 Å². The third kappa shape index (κ3) is 3.81. The Kier molecular flexibility index (Phi) is 5.32. The van der Waals surface area contributed by atoms with Crippen LogP contribution in [0.2, 0.25) is 0 Å². The second kappa shape index (κ2) is 7.47. The monoisotopic (exact) mass is 364 g/mol. The molecule has 0 amide bonds. The highest BCUT2D eigenvalue weighted by Gasteiger charge is 2.33. The van der Waals surface area contributed by atoms with Crippen LogP contribution in [-0.4, -0.2) is 26.9 Å². The van der Waals surface area contributed by atoms with Gasteiger partial charge in [0.15, 0.2) is 5.58 Å². The van der Waals surface area contributed by atoms with Gasteiger partial charge in [-0.15, -0.1) is 0 Å². The number of nitrogens with one attached hydrogen (secondary N) is 1. The Morgan fingerprint density at radius 1 is 1.32 bits per heavy atom. The van der Waals surface area contributed by atoms with Gasteiger partial charge in [-0.25, -0.2) is 9.18 Å². The second-order valence-electron chi connectivity index (χ2n) is 6.21. The highest BCUT2D eigenvalue weighted by molar-refractivity contribution is 7.84. The van der Waals surface area contributed by atoms with E-state index in [1.54, 1.807) is 12.3 Å². The number of unbranched alkanes of at least 4 members (excludes halogenated alkanes) is 1. The molecule has 1 N–H and O–H groups in total. The van der Waals surface area contributed by atoms with Crippen LogP contribution in [0.1, 0.15) is 38.2 Å². The molecule has 1 aliphatic heterocycles. The van der Waals surface area contributed by atoms with Gasteiger partial charge in [0.25, 0.3) is 0 Å². The zero-order chi connectivity index (χ0) is 17.9. The third-order valence-electron chi connectivity index (χ3n) is 4.39. The summed E-state index contributed by atoms with van der Waals surface area (Å²) >= 11 is 0. The molecule has 1 aromatic heterocycles. The fraction of sp³-hybridized carbons (Fsp3) is 0.444. The van der Waals surface area contributed by atoms with Gasteiger partial charge < -0.3 is 4.42 Å². The van der Waals surface area contributed by atoms with Gasteiger partial charge in [-0.2, -0.15) is 0 Å². The smallest absolute Gasteiger partial charge is 0.408 e. The van der Waals surface area contributed by atoms with Crippen molar-refractivity contribution in [3.63, 3.8) is 0 Å². The Hall–Kier alpha value is -2.02. The Balaban J connectivity index is 1.82. The maximum atomic E-state index is 14.6. The SMILES string of the molecule is CCCCS(=O)CCCC1(c2cc3oc(=O)[nH]c3cc2F)C=CC=N1.